The van der Waals surface area contributed by atoms with Gasteiger partial charge in [-0.3, -0.25) is 4.98 Å². The van der Waals surface area contributed by atoms with Crippen LogP contribution in [0, 0.1) is 0 Å². The number of nitrogens with zero attached hydrogens (tertiary/aromatic N) is 2. The number of fused-ring (bicyclic) bond motifs is 1. The minimum absolute atomic E-state index is 0.443. The van der Waals surface area contributed by atoms with Crippen molar-refractivity contribution < 1.29 is 10.0 Å². The van der Waals surface area contributed by atoms with Gasteiger partial charge < -0.3 is 14.6 Å². The van der Waals surface area contributed by atoms with Crippen LogP contribution in [-0.4, -0.2) is 26.7 Å². The first kappa shape index (κ1) is 8.28. The maximum Gasteiger partial charge on any atom is 0.490 e. The average Bonchev–Trinajstić information content (AvgIpc) is 2.43. The van der Waals surface area contributed by atoms with Crippen molar-refractivity contribution in [2.75, 3.05) is 0 Å². The Bertz CT molecular complexity index is 439. The van der Waals surface area contributed by atoms with Crippen molar-refractivity contribution in [2.45, 2.75) is 0 Å². The van der Waals surface area contributed by atoms with E-state index in [1.165, 1.54) is 6.20 Å². The van der Waals surface area contributed by atoms with Gasteiger partial charge in [-0.05, 0) is 0 Å². The Morgan fingerprint density at radius 3 is 2.77 bits per heavy atom. The molecule has 0 aliphatic rings. The topological polar surface area (TPSA) is 58.3 Å². The molecule has 0 amide bonds. The third-order valence-corrected chi connectivity index (χ3v) is 2.00. The predicted octanol–water partition coefficient (Wildman–Crippen LogP) is -0.747. The Labute approximate surface area is 75.6 Å². The van der Waals surface area contributed by atoms with E-state index >= 15 is 0 Å². The zero-order valence-electron chi connectivity index (χ0n) is 7.18. The maximum atomic E-state index is 9.04. The fourth-order valence-electron chi connectivity index (χ4n) is 1.42. The third-order valence-electron chi connectivity index (χ3n) is 2.00. The molecule has 0 aliphatic carbocycles. The molecular weight excluding hydrogens is 167 g/mol. The number of aryl methyl sites for hydroxylation is 1. The smallest absolute Gasteiger partial charge is 0.423 e. The summed E-state index contributed by atoms with van der Waals surface area (Å²) in [5, 5.41) is 19.8. The SMILES string of the molecule is Cn1cc2cncc(B(O)O)c2c1. The highest BCUT2D eigenvalue weighted by molar-refractivity contribution is 6.61. The van der Waals surface area contributed by atoms with Gasteiger partial charge in [-0.25, -0.2) is 0 Å². The Balaban J connectivity index is 2.75. The van der Waals surface area contributed by atoms with Crippen molar-refractivity contribution in [3.05, 3.63) is 24.8 Å². The molecule has 2 rings (SSSR count). The highest BCUT2D eigenvalue weighted by Gasteiger charge is 2.15. The first-order valence-electron chi connectivity index (χ1n) is 3.94. The summed E-state index contributed by atoms with van der Waals surface area (Å²) in [6.07, 6.45) is 6.88. The molecule has 13 heavy (non-hydrogen) atoms. The molecular formula is C8H9BN2O2. The molecule has 0 saturated heterocycles. The Morgan fingerprint density at radius 1 is 1.31 bits per heavy atom. The van der Waals surface area contributed by atoms with E-state index in [2.05, 4.69) is 4.98 Å². The second-order valence-electron chi connectivity index (χ2n) is 3.03. The Morgan fingerprint density at radius 2 is 2.08 bits per heavy atom. The van der Waals surface area contributed by atoms with Crippen LogP contribution in [0.4, 0.5) is 0 Å². The molecule has 0 radical (unpaired) electrons. The van der Waals surface area contributed by atoms with Gasteiger partial charge >= 0.3 is 7.12 Å². The van der Waals surface area contributed by atoms with E-state index in [9.17, 15) is 0 Å². The average molecular weight is 176 g/mol. The molecule has 5 heteroatoms. The molecule has 0 unspecified atom stereocenters. The maximum absolute atomic E-state index is 9.04. The van der Waals surface area contributed by atoms with E-state index in [0.717, 1.165) is 10.8 Å². The monoisotopic (exact) mass is 176 g/mol. The molecule has 0 saturated carbocycles. The molecule has 0 bridgehead atoms. The molecule has 2 aromatic rings. The second-order valence-corrected chi connectivity index (χ2v) is 3.03. The van der Waals surface area contributed by atoms with Crippen LogP contribution in [0.5, 0.6) is 0 Å². The minimum Gasteiger partial charge on any atom is -0.423 e. The van der Waals surface area contributed by atoms with Crippen molar-refractivity contribution in [2.24, 2.45) is 7.05 Å². The lowest BCUT2D eigenvalue weighted by molar-refractivity contribution is 0.426. The van der Waals surface area contributed by atoms with E-state index in [1.54, 1.807) is 6.20 Å². The summed E-state index contributed by atoms with van der Waals surface area (Å²) in [6.45, 7) is 0. The number of aromatic nitrogens is 2. The molecule has 4 nitrogen and oxygen atoms in total. The lowest BCUT2D eigenvalue weighted by Crippen LogP contribution is -2.30. The second kappa shape index (κ2) is 2.87. The van der Waals surface area contributed by atoms with Crippen molar-refractivity contribution >= 4 is 23.4 Å². The van der Waals surface area contributed by atoms with E-state index in [1.807, 2.05) is 24.0 Å². The first-order valence-corrected chi connectivity index (χ1v) is 3.94. The van der Waals surface area contributed by atoms with Gasteiger partial charge in [-0.2, -0.15) is 0 Å². The summed E-state index contributed by atoms with van der Waals surface area (Å²) < 4.78 is 1.86. The lowest BCUT2D eigenvalue weighted by Gasteiger charge is -1.98. The van der Waals surface area contributed by atoms with Crippen LogP contribution in [0.3, 0.4) is 0 Å². The molecule has 2 aromatic heterocycles. The summed E-state index contributed by atoms with van der Waals surface area (Å²) in [4.78, 5) is 3.91. The van der Waals surface area contributed by atoms with Crippen LogP contribution in [0.1, 0.15) is 0 Å². The summed E-state index contributed by atoms with van der Waals surface area (Å²) in [6, 6.07) is 0. The standard InChI is InChI=1S/C8H9BN2O2/c1-11-4-6-2-10-3-8(9(12)13)7(6)5-11/h2-5,12-13H,1H3. The van der Waals surface area contributed by atoms with Crippen LogP contribution in [-0.2, 0) is 7.05 Å². The number of hydrogen-bond acceptors (Lipinski definition) is 3. The van der Waals surface area contributed by atoms with E-state index < -0.39 is 7.12 Å². The third kappa shape index (κ3) is 1.32. The van der Waals surface area contributed by atoms with Gasteiger partial charge in [0.2, 0.25) is 0 Å². The quantitative estimate of drug-likeness (QED) is 0.562. The highest BCUT2D eigenvalue weighted by Crippen LogP contribution is 2.10. The normalized spacial score (nSPS) is 10.7. The minimum atomic E-state index is -1.46. The number of pyridine rings is 1. The fraction of sp³-hybridized carbons (Fsp3) is 0.125. The van der Waals surface area contributed by atoms with Crippen molar-refractivity contribution in [1.29, 1.82) is 0 Å². The lowest BCUT2D eigenvalue weighted by atomic mass is 9.79. The Hall–Kier alpha value is -1.33. The van der Waals surface area contributed by atoms with Crippen molar-refractivity contribution in [1.82, 2.24) is 9.55 Å². The summed E-state index contributed by atoms with van der Waals surface area (Å²) in [7, 11) is 0.423. The van der Waals surface area contributed by atoms with Crippen LogP contribution >= 0.6 is 0 Å². The van der Waals surface area contributed by atoms with E-state index in [-0.39, 0.29) is 0 Å². The van der Waals surface area contributed by atoms with E-state index in [4.69, 9.17) is 10.0 Å². The largest absolute Gasteiger partial charge is 0.490 e. The molecule has 0 spiro atoms. The van der Waals surface area contributed by atoms with Crippen LogP contribution in [0.25, 0.3) is 10.8 Å². The predicted molar refractivity (Wildman–Crippen MR) is 50.5 cm³/mol. The van der Waals surface area contributed by atoms with Gasteiger partial charge in [0.15, 0.2) is 0 Å². The zero-order valence-corrected chi connectivity index (χ0v) is 7.18. The van der Waals surface area contributed by atoms with Crippen LogP contribution < -0.4 is 5.46 Å². The zero-order chi connectivity index (χ0) is 9.42. The van der Waals surface area contributed by atoms with Crippen LogP contribution in [0.15, 0.2) is 24.8 Å². The number of hydrogen-bond donors (Lipinski definition) is 2. The fourth-order valence-corrected chi connectivity index (χ4v) is 1.42. The summed E-state index contributed by atoms with van der Waals surface area (Å²) in [5.74, 6) is 0. The molecule has 2 heterocycles. The molecule has 0 atom stereocenters. The van der Waals surface area contributed by atoms with Gasteiger partial charge in [-0.15, -0.1) is 0 Å². The van der Waals surface area contributed by atoms with Gasteiger partial charge in [0, 0.05) is 48.1 Å². The summed E-state index contributed by atoms with van der Waals surface area (Å²) in [5.41, 5.74) is 0.443. The molecule has 66 valence electrons. The van der Waals surface area contributed by atoms with E-state index in [0.29, 0.717) is 5.46 Å². The van der Waals surface area contributed by atoms with Gasteiger partial charge in [0.25, 0.3) is 0 Å². The van der Waals surface area contributed by atoms with Gasteiger partial charge in [0.1, 0.15) is 0 Å². The highest BCUT2D eigenvalue weighted by atomic mass is 16.4. The molecule has 2 N–H and O–H groups in total. The molecule has 0 aromatic carbocycles. The Kier molecular flexibility index (Phi) is 1.83. The van der Waals surface area contributed by atoms with Crippen molar-refractivity contribution in [3.63, 3.8) is 0 Å². The van der Waals surface area contributed by atoms with Crippen LogP contribution in [0.2, 0.25) is 0 Å². The summed E-state index contributed by atoms with van der Waals surface area (Å²) >= 11 is 0. The van der Waals surface area contributed by atoms with Crippen molar-refractivity contribution in [3.8, 4) is 0 Å². The first-order chi connectivity index (χ1) is 6.18. The van der Waals surface area contributed by atoms with Gasteiger partial charge in [-0.1, -0.05) is 0 Å². The number of rotatable bonds is 1. The van der Waals surface area contributed by atoms with Gasteiger partial charge in [0.05, 0.1) is 0 Å². The molecule has 0 aliphatic heterocycles. The molecule has 0 fully saturated rings.